The zero-order chi connectivity index (χ0) is 12.1. The monoisotopic (exact) mass is 235 g/mol. The molecule has 1 aromatic heterocycles. The predicted octanol–water partition coefficient (Wildman–Crippen LogP) is 2.88. The van der Waals surface area contributed by atoms with Gasteiger partial charge in [-0.15, -0.1) is 0 Å². The molecule has 1 fully saturated rings. The average Bonchev–Trinajstić information content (AvgIpc) is 2.98. The van der Waals surface area contributed by atoms with Gasteiger partial charge < -0.3 is 9.47 Å². The van der Waals surface area contributed by atoms with Crippen LogP contribution >= 0.6 is 0 Å². The maximum absolute atomic E-state index is 4.52. The Hall–Kier alpha value is -0.830. The van der Waals surface area contributed by atoms with E-state index in [0.29, 0.717) is 5.92 Å². The molecule has 96 valence electrons. The maximum atomic E-state index is 4.52. The van der Waals surface area contributed by atoms with Gasteiger partial charge in [0.05, 0.1) is 0 Å². The van der Waals surface area contributed by atoms with Gasteiger partial charge >= 0.3 is 0 Å². The molecule has 0 spiro atoms. The molecule has 2 rings (SSSR count). The average molecular weight is 235 g/mol. The molecular formula is C14H25N3. The van der Waals surface area contributed by atoms with Crippen molar-refractivity contribution in [2.24, 2.45) is 0 Å². The summed E-state index contributed by atoms with van der Waals surface area (Å²) in [6.07, 6.45) is 9.32. The Bertz CT molecular complexity index is 326. The van der Waals surface area contributed by atoms with E-state index in [-0.39, 0.29) is 0 Å². The standard InChI is InChI=1S/C14H25N3/c1-3-6-13(2)14-15-7-10-17(14)12-11-16-8-4-5-9-16/h7,10,13H,3-6,8-9,11-12H2,1-2H3/t13-/m0/s1. The van der Waals surface area contributed by atoms with Gasteiger partial charge in [0, 0.05) is 31.4 Å². The number of likely N-dealkylation sites (tertiary alicyclic amines) is 1. The van der Waals surface area contributed by atoms with E-state index in [1.807, 2.05) is 6.20 Å². The topological polar surface area (TPSA) is 21.1 Å². The lowest BCUT2D eigenvalue weighted by Gasteiger charge is -2.17. The molecule has 0 radical (unpaired) electrons. The Morgan fingerprint density at radius 1 is 1.29 bits per heavy atom. The third-order valence-electron chi connectivity index (χ3n) is 3.77. The molecule has 17 heavy (non-hydrogen) atoms. The second kappa shape index (κ2) is 6.20. The summed E-state index contributed by atoms with van der Waals surface area (Å²) in [6, 6.07) is 0. The first-order chi connectivity index (χ1) is 8.31. The largest absolute Gasteiger partial charge is 0.333 e. The predicted molar refractivity (Wildman–Crippen MR) is 71.2 cm³/mol. The van der Waals surface area contributed by atoms with Crippen LogP contribution in [0.4, 0.5) is 0 Å². The third kappa shape index (κ3) is 3.32. The van der Waals surface area contributed by atoms with Crippen molar-refractivity contribution in [3.8, 4) is 0 Å². The molecule has 1 aromatic rings. The molecule has 1 aliphatic rings. The number of aromatic nitrogens is 2. The highest BCUT2D eigenvalue weighted by Crippen LogP contribution is 2.19. The van der Waals surface area contributed by atoms with Crippen LogP contribution < -0.4 is 0 Å². The molecule has 0 bridgehead atoms. The van der Waals surface area contributed by atoms with Crippen LogP contribution in [0.25, 0.3) is 0 Å². The van der Waals surface area contributed by atoms with Crippen LogP contribution in [0.1, 0.15) is 51.3 Å². The zero-order valence-electron chi connectivity index (χ0n) is 11.2. The Kier molecular flexibility index (Phi) is 4.60. The summed E-state index contributed by atoms with van der Waals surface area (Å²) in [5.41, 5.74) is 0. The summed E-state index contributed by atoms with van der Waals surface area (Å²) in [5.74, 6) is 1.86. The minimum atomic E-state index is 0.591. The summed E-state index contributed by atoms with van der Waals surface area (Å²) in [4.78, 5) is 7.09. The molecule has 0 saturated carbocycles. The van der Waals surface area contributed by atoms with Crippen LogP contribution in [-0.4, -0.2) is 34.1 Å². The Morgan fingerprint density at radius 2 is 2.06 bits per heavy atom. The first-order valence-corrected chi connectivity index (χ1v) is 7.04. The minimum Gasteiger partial charge on any atom is -0.333 e. The Balaban J connectivity index is 1.89. The van der Waals surface area contributed by atoms with Gasteiger partial charge in [0.1, 0.15) is 5.82 Å². The molecule has 1 saturated heterocycles. The van der Waals surface area contributed by atoms with Gasteiger partial charge in [0.2, 0.25) is 0 Å². The third-order valence-corrected chi connectivity index (χ3v) is 3.77. The molecule has 0 N–H and O–H groups in total. The van der Waals surface area contributed by atoms with Crippen LogP contribution in [0, 0.1) is 0 Å². The van der Waals surface area contributed by atoms with Crippen molar-refractivity contribution in [2.45, 2.75) is 52.0 Å². The fourth-order valence-electron chi connectivity index (χ4n) is 2.76. The highest BCUT2D eigenvalue weighted by atomic mass is 15.2. The van der Waals surface area contributed by atoms with Gasteiger partial charge in [-0.1, -0.05) is 20.3 Å². The van der Waals surface area contributed by atoms with Gasteiger partial charge in [0.25, 0.3) is 0 Å². The van der Waals surface area contributed by atoms with Crippen LogP contribution in [-0.2, 0) is 6.54 Å². The van der Waals surface area contributed by atoms with Gasteiger partial charge in [-0.2, -0.15) is 0 Å². The molecule has 1 aliphatic heterocycles. The van der Waals surface area contributed by atoms with Gasteiger partial charge in [-0.25, -0.2) is 4.98 Å². The van der Waals surface area contributed by atoms with Crippen molar-refractivity contribution < 1.29 is 0 Å². The number of hydrogen-bond donors (Lipinski definition) is 0. The fraction of sp³-hybridized carbons (Fsp3) is 0.786. The maximum Gasteiger partial charge on any atom is 0.111 e. The summed E-state index contributed by atoms with van der Waals surface area (Å²) in [7, 11) is 0. The van der Waals surface area contributed by atoms with Crippen molar-refractivity contribution in [3.63, 3.8) is 0 Å². The van der Waals surface area contributed by atoms with Crippen LogP contribution in [0.5, 0.6) is 0 Å². The lowest BCUT2D eigenvalue weighted by molar-refractivity contribution is 0.319. The minimum absolute atomic E-state index is 0.591. The van der Waals surface area contributed by atoms with Gasteiger partial charge in [-0.3, -0.25) is 0 Å². The van der Waals surface area contributed by atoms with Crippen molar-refractivity contribution in [2.75, 3.05) is 19.6 Å². The number of nitrogens with zero attached hydrogens (tertiary/aromatic N) is 3. The van der Waals surface area contributed by atoms with Crippen LogP contribution in [0.15, 0.2) is 12.4 Å². The molecule has 1 atom stereocenters. The van der Waals surface area contributed by atoms with E-state index in [1.54, 1.807) is 0 Å². The molecule has 3 heteroatoms. The molecule has 0 aliphatic carbocycles. The first-order valence-electron chi connectivity index (χ1n) is 7.04. The van der Waals surface area contributed by atoms with Crippen LogP contribution in [0.3, 0.4) is 0 Å². The molecule has 2 heterocycles. The van der Waals surface area contributed by atoms with Crippen LogP contribution in [0.2, 0.25) is 0 Å². The fourth-order valence-corrected chi connectivity index (χ4v) is 2.76. The smallest absolute Gasteiger partial charge is 0.111 e. The highest BCUT2D eigenvalue weighted by Gasteiger charge is 2.14. The second-order valence-electron chi connectivity index (χ2n) is 5.22. The van der Waals surface area contributed by atoms with E-state index < -0.39 is 0 Å². The van der Waals surface area contributed by atoms with Crippen molar-refractivity contribution >= 4 is 0 Å². The zero-order valence-corrected chi connectivity index (χ0v) is 11.2. The van der Waals surface area contributed by atoms with Crippen molar-refractivity contribution in [3.05, 3.63) is 18.2 Å². The Labute approximate surface area is 105 Å². The van der Waals surface area contributed by atoms with E-state index in [0.717, 1.165) is 6.54 Å². The van der Waals surface area contributed by atoms with E-state index >= 15 is 0 Å². The molecule has 3 nitrogen and oxygen atoms in total. The van der Waals surface area contributed by atoms with Crippen molar-refractivity contribution in [1.29, 1.82) is 0 Å². The summed E-state index contributed by atoms with van der Waals surface area (Å²) in [6.45, 7) is 9.39. The molecule has 0 aromatic carbocycles. The summed E-state index contributed by atoms with van der Waals surface area (Å²) < 4.78 is 2.35. The SMILES string of the molecule is CCC[C@H](C)c1nccn1CCN1CCCC1. The first kappa shape index (κ1) is 12.6. The molecule has 0 amide bonds. The number of imidazole rings is 1. The second-order valence-corrected chi connectivity index (χ2v) is 5.22. The van der Waals surface area contributed by atoms with E-state index in [2.05, 4.69) is 34.5 Å². The summed E-state index contributed by atoms with van der Waals surface area (Å²) in [5, 5.41) is 0. The van der Waals surface area contributed by atoms with Gasteiger partial charge in [0.15, 0.2) is 0 Å². The summed E-state index contributed by atoms with van der Waals surface area (Å²) >= 11 is 0. The quantitative estimate of drug-likeness (QED) is 0.756. The highest BCUT2D eigenvalue weighted by molar-refractivity contribution is 4.99. The lowest BCUT2D eigenvalue weighted by Crippen LogP contribution is -2.24. The van der Waals surface area contributed by atoms with Gasteiger partial charge in [-0.05, 0) is 32.4 Å². The number of hydrogen-bond acceptors (Lipinski definition) is 2. The Morgan fingerprint density at radius 3 is 2.76 bits per heavy atom. The molecular weight excluding hydrogens is 210 g/mol. The van der Waals surface area contributed by atoms with E-state index in [9.17, 15) is 0 Å². The number of rotatable bonds is 6. The van der Waals surface area contributed by atoms with E-state index in [1.165, 1.54) is 51.1 Å². The van der Waals surface area contributed by atoms with E-state index in [4.69, 9.17) is 0 Å². The van der Waals surface area contributed by atoms with Crippen molar-refractivity contribution in [1.82, 2.24) is 14.5 Å². The lowest BCUT2D eigenvalue weighted by atomic mass is 10.1. The molecule has 0 unspecified atom stereocenters. The normalized spacial score (nSPS) is 18.7.